The minimum absolute atomic E-state index is 0.0268. The zero-order valence-electron chi connectivity index (χ0n) is 23.8. The number of nitrogens with zero attached hydrogens (tertiary/aromatic N) is 4. The summed E-state index contributed by atoms with van der Waals surface area (Å²) >= 11 is 0. The highest BCUT2D eigenvalue weighted by molar-refractivity contribution is 5.73. The van der Waals surface area contributed by atoms with Crippen LogP contribution in [0.15, 0.2) is 24.3 Å². The Hall–Kier alpha value is -2.25. The molecular formula is C31H45FN4O2. The van der Waals surface area contributed by atoms with Crippen molar-refractivity contribution in [1.29, 1.82) is 0 Å². The van der Waals surface area contributed by atoms with Crippen LogP contribution in [0, 0.1) is 17.7 Å². The highest BCUT2D eigenvalue weighted by Crippen LogP contribution is 2.48. The number of rotatable bonds is 8. The standard InChI is InChI=1S/C31H45FN4O2/c1-6-27-25-10-11-31(29(25)35(5)33-27)12-14-36(15-13-31)19-22-17-24(34(4)28(20(2)3)30(37)38)18-26(22)21-8-7-9-23(32)16-21/h7-9,16,20,22,24,26,28H,6,10-15,17-19H2,1-5H3,(H,37,38)/t22-,24+,26-,28-/m1/s1. The Morgan fingerprint density at radius 1 is 1.24 bits per heavy atom. The summed E-state index contributed by atoms with van der Waals surface area (Å²) in [4.78, 5) is 16.8. The van der Waals surface area contributed by atoms with Gasteiger partial charge in [0.15, 0.2) is 0 Å². The average Bonchev–Trinajstić information content (AvgIpc) is 3.55. The van der Waals surface area contributed by atoms with Crippen molar-refractivity contribution in [2.45, 2.75) is 89.1 Å². The van der Waals surface area contributed by atoms with E-state index < -0.39 is 12.0 Å². The van der Waals surface area contributed by atoms with Crippen LogP contribution in [0.4, 0.5) is 4.39 Å². The van der Waals surface area contributed by atoms with Gasteiger partial charge in [0.1, 0.15) is 11.9 Å². The Labute approximate surface area is 227 Å². The average molecular weight is 525 g/mol. The minimum Gasteiger partial charge on any atom is -0.480 e. The number of fused-ring (bicyclic) bond motifs is 2. The molecule has 1 spiro atoms. The number of hydrogen-bond acceptors (Lipinski definition) is 4. The quantitative estimate of drug-likeness (QED) is 0.526. The molecule has 1 aliphatic heterocycles. The third-order valence-electron chi connectivity index (χ3n) is 10.1. The summed E-state index contributed by atoms with van der Waals surface area (Å²) in [5, 5.41) is 14.8. The smallest absolute Gasteiger partial charge is 0.321 e. The molecule has 1 N–H and O–H groups in total. The van der Waals surface area contributed by atoms with E-state index in [1.807, 2.05) is 27.0 Å². The van der Waals surface area contributed by atoms with Gasteiger partial charge in [0.2, 0.25) is 0 Å². The van der Waals surface area contributed by atoms with E-state index in [1.165, 1.54) is 29.4 Å². The molecule has 2 heterocycles. The van der Waals surface area contributed by atoms with Crippen molar-refractivity contribution in [1.82, 2.24) is 19.6 Å². The van der Waals surface area contributed by atoms with E-state index in [0.717, 1.165) is 63.7 Å². The molecule has 1 aromatic heterocycles. The number of likely N-dealkylation sites (N-methyl/N-ethyl adjacent to an activating group) is 1. The fourth-order valence-corrected chi connectivity index (χ4v) is 8.23. The molecule has 0 amide bonds. The molecule has 6 nitrogen and oxygen atoms in total. The summed E-state index contributed by atoms with van der Waals surface area (Å²) < 4.78 is 16.4. The monoisotopic (exact) mass is 524 g/mol. The lowest BCUT2D eigenvalue weighted by Gasteiger charge is -2.41. The van der Waals surface area contributed by atoms with Crippen molar-refractivity contribution in [3.8, 4) is 0 Å². The summed E-state index contributed by atoms with van der Waals surface area (Å²) in [6.07, 6.45) is 7.55. The van der Waals surface area contributed by atoms with E-state index in [0.29, 0.717) is 5.92 Å². The maximum atomic E-state index is 14.2. The summed E-state index contributed by atoms with van der Waals surface area (Å²) in [6.45, 7) is 9.30. The van der Waals surface area contributed by atoms with Gasteiger partial charge in [0.05, 0.1) is 5.69 Å². The number of piperidine rings is 1. The van der Waals surface area contributed by atoms with Crippen LogP contribution in [-0.4, -0.2) is 69.4 Å². The van der Waals surface area contributed by atoms with Gasteiger partial charge in [0.25, 0.3) is 0 Å². The largest absolute Gasteiger partial charge is 0.480 e. The predicted molar refractivity (Wildman–Crippen MR) is 148 cm³/mol. The van der Waals surface area contributed by atoms with Crippen LogP contribution < -0.4 is 0 Å². The fourth-order valence-electron chi connectivity index (χ4n) is 8.23. The molecule has 0 unspecified atom stereocenters. The molecule has 5 rings (SSSR count). The van der Waals surface area contributed by atoms with E-state index in [2.05, 4.69) is 34.5 Å². The Bertz CT molecular complexity index is 1150. The highest BCUT2D eigenvalue weighted by Gasteiger charge is 2.46. The number of aliphatic carboxylic acids is 1. The third-order valence-corrected chi connectivity index (χ3v) is 10.1. The van der Waals surface area contributed by atoms with Crippen LogP contribution in [0.2, 0.25) is 0 Å². The van der Waals surface area contributed by atoms with Crippen molar-refractivity contribution in [3.05, 3.63) is 52.6 Å². The van der Waals surface area contributed by atoms with Crippen molar-refractivity contribution in [2.75, 3.05) is 26.7 Å². The molecule has 2 aliphatic carbocycles. The van der Waals surface area contributed by atoms with Crippen LogP contribution in [0.1, 0.15) is 81.3 Å². The molecule has 208 valence electrons. The van der Waals surface area contributed by atoms with Gasteiger partial charge in [-0.1, -0.05) is 32.9 Å². The number of halogens is 1. The second-order valence-electron chi connectivity index (χ2n) is 12.6. The first kappa shape index (κ1) is 27.3. The van der Waals surface area contributed by atoms with Crippen molar-refractivity contribution >= 4 is 5.97 Å². The Kier molecular flexibility index (Phi) is 7.71. The van der Waals surface area contributed by atoms with Gasteiger partial charge < -0.3 is 10.0 Å². The molecule has 7 heteroatoms. The first-order valence-corrected chi connectivity index (χ1v) is 14.6. The zero-order valence-corrected chi connectivity index (χ0v) is 23.8. The highest BCUT2D eigenvalue weighted by atomic mass is 19.1. The fraction of sp³-hybridized carbons (Fsp3) is 0.677. The molecule has 3 aliphatic rings. The van der Waals surface area contributed by atoms with Gasteiger partial charge >= 0.3 is 5.97 Å². The number of carboxylic acids is 1. The van der Waals surface area contributed by atoms with Crippen LogP contribution in [0.3, 0.4) is 0 Å². The second-order valence-corrected chi connectivity index (χ2v) is 12.6. The number of aromatic nitrogens is 2. The first-order valence-electron chi connectivity index (χ1n) is 14.6. The Balaban J connectivity index is 1.32. The predicted octanol–water partition coefficient (Wildman–Crippen LogP) is 5.00. The molecule has 2 aromatic rings. The lowest BCUT2D eigenvalue weighted by molar-refractivity contribution is -0.145. The Morgan fingerprint density at radius 2 is 1.97 bits per heavy atom. The summed E-state index contributed by atoms with van der Waals surface area (Å²) in [7, 11) is 4.09. The van der Waals surface area contributed by atoms with E-state index in [4.69, 9.17) is 5.10 Å². The normalized spacial score (nSPS) is 25.9. The first-order chi connectivity index (χ1) is 18.1. The maximum absolute atomic E-state index is 14.2. The maximum Gasteiger partial charge on any atom is 0.321 e. The SMILES string of the molecule is CCc1nn(C)c2c1CCC21CCN(C[C@H]2C[C@H](N(C)[C@@H](C(=O)O)C(C)C)C[C@@H]2c2cccc(F)c2)CC1. The third kappa shape index (κ3) is 4.92. The van der Waals surface area contributed by atoms with Crippen LogP contribution in [-0.2, 0) is 30.1 Å². The van der Waals surface area contributed by atoms with Gasteiger partial charge in [-0.15, -0.1) is 0 Å². The van der Waals surface area contributed by atoms with Gasteiger partial charge in [-0.2, -0.15) is 5.10 Å². The summed E-state index contributed by atoms with van der Waals surface area (Å²) in [5.41, 5.74) is 5.59. The molecular weight excluding hydrogens is 479 g/mol. The van der Waals surface area contributed by atoms with Gasteiger partial charge in [-0.25, -0.2) is 4.39 Å². The number of aryl methyl sites for hydroxylation is 2. The van der Waals surface area contributed by atoms with Crippen molar-refractivity contribution in [3.63, 3.8) is 0 Å². The van der Waals surface area contributed by atoms with E-state index in [9.17, 15) is 14.3 Å². The lowest BCUT2D eigenvalue weighted by Crippen LogP contribution is -2.47. The van der Waals surface area contributed by atoms with E-state index in [-0.39, 0.29) is 29.1 Å². The summed E-state index contributed by atoms with van der Waals surface area (Å²) in [5.74, 6) is -0.311. The van der Waals surface area contributed by atoms with E-state index in [1.54, 1.807) is 6.07 Å². The van der Waals surface area contributed by atoms with Gasteiger partial charge in [-0.05, 0) is 106 Å². The zero-order chi connectivity index (χ0) is 27.2. The molecule has 38 heavy (non-hydrogen) atoms. The van der Waals surface area contributed by atoms with Crippen LogP contribution in [0.5, 0.6) is 0 Å². The van der Waals surface area contributed by atoms with Crippen LogP contribution >= 0.6 is 0 Å². The van der Waals surface area contributed by atoms with Crippen LogP contribution in [0.25, 0.3) is 0 Å². The number of carboxylic acid groups (broad SMARTS) is 1. The number of hydrogen-bond donors (Lipinski definition) is 1. The van der Waals surface area contributed by atoms with Gasteiger partial charge in [-0.3, -0.25) is 14.4 Å². The molecule has 4 atom stereocenters. The molecule has 2 fully saturated rings. The molecule has 0 bridgehead atoms. The number of benzene rings is 1. The summed E-state index contributed by atoms with van der Waals surface area (Å²) in [6, 6.07) is 6.74. The molecule has 0 radical (unpaired) electrons. The number of carbonyl (C=O) groups is 1. The lowest BCUT2D eigenvalue weighted by atomic mass is 9.75. The van der Waals surface area contributed by atoms with Crippen molar-refractivity contribution < 1.29 is 14.3 Å². The molecule has 1 aromatic carbocycles. The minimum atomic E-state index is -0.757. The Morgan fingerprint density at radius 3 is 2.61 bits per heavy atom. The molecule has 1 saturated carbocycles. The number of likely N-dealkylation sites (tertiary alicyclic amines) is 1. The second kappa shape index (κ2) is 10.7. The van der Waals surface area contributed by atoms with Gasteiger partial charge in [0, 0.05) is 30.7 Å². The molecule has 1 saturated heterocycles. The van der Waals surface area contributed by atoms with Crippen molar-refractivity contribution in [2.24, 2.45) is 18.9 Å². The van der Waals surface area contributed by atoms with E-state index >= 15 is 0 Å². The topological polar surface area (TPSA) is 61.6 Å².